The summed E-state index contributed by atoms with van der Waals surface area (Å²) >= 11 is 0. The molecule has 1 heterocycles. The van der Waals surface area contributed by atoms with Gasteiger partial charge in [0.25, 0.3) is 6.16 Å². The zero-order chi connectivity index (χ0) is 10.9. The van der Waals surface area contributed by atoms with E-state index in [1.807, 2.05) is 18.9 Å². The minimum atomic E-state index is -1.48. The summed E-state index contributed by atoms with van der Waals surface area (Å²) in [4.78, 5) is 12.2. The topological polar surface area (TPSA) is 55.6 Å². The molecule has 0 fully saturated rings. The molecule has 5 heteroatoms. The molecule has 0 aliphatic carbocycles. The van der Waals surface area contributed by atoms with E-state index >= 15 is 0 Å². The molecule has 0 bridgehead atoms. The summed E-state index contributed by atoms with van der Waals surface area (Å²) in [6.45, 7) is 6.50. The first-order valence-electron chi connectivity index (χ1n) is 4.64. The molecule has 2 atom stereocenters. The van der Waals surface area contributed by atoms with Crippen LogP contribution in [0.4, 0.5) is 4.79 Å². The Kier molecular flexibility index (Phi) is 2.98. The summed E-state index contributed by atoms with van der Waals surface area (Å²) in [5.74, 6) is 1.02. The van der Waals surface area contributed by atoms with Crippen molar-refractivity contribution in [1.82, 2.24) is 4.90 Å². The molecule has 14 heavy (non-hydrogen) atoms. The van der Waals surface area contributed by atoms with E-state index in [2.05, 4.69) is 16.2 Å². The lowest BCUT2D eigenvalue weighted by molar-refractivity contribution is -0.523. The molecule has 0 aromatic rings. The van der Waals surface area contributed by atoms with E-state index in [0.717, 1.165) is 12.4 Å². The predicted octanol–water partition coefficient (Wildman–Crippen LogP) is -0.543. The molecule has 0 saturated carbocycles. The van der Waals surface area contributed by atoms with Gasteiger partial charge in [-0.2, -0.15) is 0 Å². The Labute approximate surface area is 83.6 Å². The third-order valence-electron chi connectivity index (χ3n) is 2.75. The highest BCUT2D eigenvalue weighted by Gasteiger charge is 2.33. The molecular formula is C9H16N2O3. The Morgan fingerprint density at radius 1 is 1.79 bits per heavy atom. The van der Waals surface area contributed by atoms with Crippen LogP contribution in [-0.2, 0) is 4.74 Å². The van der Waals surface area contributed by atoms with Crippen LogP contribution in [0.5, 0.6) is 0 Å². The number of hydrogen-bond donors (Lipinski definition) is 0. The van der Waals surface area contributed by atoms with Gasteiger partial charge in [0.2, 0.25) is 5.84 Å². The number of carbonyl (C=O) groups excluding carboxylic acids is 1. The number of carboxylic acid groups (broad SMARTS) is 1. The zero-order valence-corrected chi connectivity index (χ0v) is 8.98. The highest BCUT2D eigenvalue weighted by molar-refractivity contribution is 5.76. The average Bonchev–Trinajstić information content (AvgIpc) is 2.32. The molecule has 0 N–H and O–H groups in total. The quantitative estimate of drug-likeness (QED) is 0.443. The average molecular weight is 200 g/mol. The van der Waals surface area contributed by atoms with E-state index in [-0.39, 0.29) is 0 Å². The number of ether oxygens (including phenoxy) is 1. The van der Waals surface area contributed by atoms with Gasteiger partial charge < -0.3 is 14.6 Å². The molecule has 1 aliphatic rings. The van der Waals surface area contributed by atoms with Crippen LogP contribution in [0.3, 0.4) is 0 Å². The van der Waals surface area contributed by atoms with Gasteiger partial charge in [0, 0.05) is 6.92 Å². The summed E-state index contributed by atoms with van der Waals surface area (Å²) in [5.41, 5.74) is 0. The standard InChI is InChI=1S/C9H16N2O3/c1-6-5-11(7(2)10(6)4)8(3)14-9(12)13/h6,8H,5H2,1-4H3. The molecule has 2 unspecified atom stereocenters. The van der Waals surface area contributed by atoms with Gasteiger partial charge in [0.05, 0.1) is 7.05 Å². The van der Waals surface area contributed by atoms with Crippen LogP contribution in [0.1, 0.15) is 20.8 Å². The van der Waals surface area contributed by atoms with Gasteiger partial charge in [0.15, 0.2) is 6.23 Å². The van der Waals surface area contributed by atoms with Gasteiger partial charge in [-0.25, -0.2) is 4.90 Å². The van der Waals surface area contributed by atoms with Crippen LogP contribution >= 0.6 is 0 Å². The van der Waals surface area contributed by atoms with Crippen molar-refractivity contribution < 1.29 is 19.2 Å². The molecule has 5 nitrogen and oxygen atoms in total. The van der Waals surface area contributed by atoms with Crippen LogP contribution in [0.15, 0.2) is 0 Å². The fourth-order valence-electron chi connectivity index (χ4n) is 1.68. The van der Waals surface area contributed by atoms with Gasteiger partial charge in [-0.05, 0) is 13.8 Å². The molecule has 0 amide bonds. The first kappa shape index (κ1) is 10.8. The number of likely N-dealkylation sites (N-methyl/N-ethyl adjacent to an activating group) is 1. The first-order valence-corrected chi connectivity index (χ1v) is 4.64. The van der Waals surface area contributed by atoms with Crippen molar-refractivity contribution in [2.24, 2.45) is 0 Å². The van der Waals surface area contributed by atoms with Crippen molar-refractivity contribution >= 4 is 12.0 Å². The molecule has 0 aromatic carbocycles. The van der Waals surface area contributed by atoms with E-state index in [9.17, 15) is 9.90 Å². The van der Waals surface area contributed by atoms with E-state index in [1.54, 1.807) is 6.92 Å². The van der Waals surface area contributed by atoms with E-state index in [4.69, 9.17) is 0 Å². The minimum Gasteiger partial charge on any atom is -0.508 e. The van der Waals surface area contributed by atoms with E-state index in [0.29, 0.717) is 6.04 Å². The van der Waals surface area contributed by atoms with Crippen molar-refractivity contribution in [3.8, 4) is 0 Å². The summed E-state index contributed by atoms with van der Waals surface area (Å²) < 4.78 is 6.68. The lowest BCUT2D eigenvalue weighted by Crippen LogP contribution is -2.41. The minimum absolute atomic E-state index is 0.378. The van der Waals surface area contributed by atoms with Crippen molar-refractivity contribution in [2.45, 2.75) is 33.0 Å². The molecule has 0 spiro atoms. The second kappa shape index (κ2) is 3.86. The lowest BCUT2D eigenvalue weighted by atomic mass is 10.3. The summed E-state index contributed by atoms with van der Waals surface area (Å²) in [6.07, 6.45) is -1.96. The highest BCUT2D eigenvalue weighted by Crippen LogP contribution is 2.11. The largest absolute Gasteiger partial charge is 0.508 e. The highest BCUT2D eigenvalue weighted by atomic mass is 16.7. The Morgan fingerprint density at radius 3 is 2.71 bits per heavy atom. The van der Waals surface area contributed by atoms with E-state index in [1.165, 1.54) is 0 Å². The molecule has 80 valence electrons. The number of carbonyl (C=O) groups is 1. The molecule has 1 aliphatic heterocycles. The zero-order valence-electron chi connectivity index (χ0n) is 8.98. The summed E-state index contributed by atoms with van der Waals surface area (Å²) in [7, 11) is 1.98. The second-order valence-electron chi connectivity index (χ2n) is 3.63. The number of nitrogens with zero attached hydrogens (tertiary/aromatic N) is 2. The van der Waals surface area contributed by atoms with Gasteiger partial charge in [0.1, 0.15) is 12.6 Å². The predicted molar refractivity (Wildman–Crippen MR) is 49.0 cm³/mol. The summed E-state index contributed by atoms with van der Waals surface area (Å²) in [5, 5.41) is 10.3. The SMILES string of the molecule is CC1=[N+](C)C(C)CN1C(C)OC(=O)[O-]. The van der Waals surface area contributed by atoms with E-state index < -0.39 is 12.4 Å². The number of hydrogen-bond acceptors (Lipinski definition) is 4. The van der Waals surface area contributed by atoms with Crippen molar-refractivity contribution in [1.29, 1.82) is 0 Å². The van der Waals surface area contributed by atoms with Crippen LogP contribution in [0.2, 0.25) is 0 Å². The number of rotatable bonds is 2. The Morgan fingerprint density at radius 2 is 2.36 bits per heavy atom. The van der Waals surface area contributed by atoms with Gasteiger partial charge >= 0.3 is 0 Å². The Balaban J connectivity index is 2.68. The Bertz CT molecular complexity index is 275. The van der Waals surface area contributed by atoms with Crippen molar-refractivity contribution in [2.75, 3.05) is 13.6 Å². The second-order valence-corrected chi connectivity index (χ2v) is 3.63. The first-order chi connectivity index (χ1) is 6.43. The van der Waals surface area contributed by atoms with Crippen LogP contribution in [0, 0.1) is 0 Å². The van der Waals surface area contributed by atoms with Crippen LogP contribution < -0.4 is 5.11 Å². The van der Waals surface area contributed by atoms with Crippen LogP contribution in [0.25, 0.3) is 0 Å². The lowest BCUT2D eigenvalue weighted by Gasteiger charge is -2.23. The van der Waals surface area contributed by atoms with Gasteiger partial charge in [-0.3, -0.25) is 4.58 Å². The monoisotopic (exact) mass is 200 g/mol. The molecule has 1 rings (SSSR count). The number of amidine groups is 1. The summed E-state index contributed by atoms with van der Waals surface area (Å²) in [6, 6.07) is 0.378. The fourth-order valence-corrected chi connectivity index (χ4v) is 1.68. The molecule has 0 saturated heterocycles. The van der Waals surface area contributed by atoms with Crippen molar-refractivity contribution in [3.63, 3.8) is 0 Å². The maximum Gasteiger partial charge on any atom is 0.255 e. The maximum absolute atomic E-state index is 10.3. The normalized spacial score (nSPS) is 24.0. The Hall–Kier alpha value is -1.26. The van der Waals surface area contributed by atoms with Gasteiger partial charge in [-0.15, -0.1) is 0 Å². The van der Waals surface area contributed by atoms with Crippen molar-refractivity contribution in [3.05, 3.63) is 0 Å². The third kappa shape index (κ3) is 1.97. The fraction of sp³-hybridized carbons (Fsp3) is 0.778. The smallest absolute Gasteiger partial charge is 0.255 e. The molecular weight excluding hydrogens is 184 g/mol. The maximum atomic E-state index is 10.3. The van der Waals surface area contributed by atoms with Crippen LogP contribution in [-0.4, -0.2) is 47.3 Å². The molecule has 0 radical (unpaired) electrons. The van der Waals surface area contributed by atoms with Gasteiger partial charge in [-0.1, -0.05) is 0 Å². The third-order valence-corrected chi connectivity index (χ3v) is 2.75. The molecule has 0 aromatic heterocycles.